The second-order valence-corrected chi connectivity index (χ2v) is 7.52. The second-order valence-electron chi connectivity index (χ2n) is 7.52. The fraction of sp³-hybridized carbons (Fsp3) is 0.632. The minimum atomic E-state index is -2.79. The monoisotopic (exact) mass is 339 g/mol. The van der Waals surface area contributed by atoms with Gasteiger partial charge in [-0.1, -0.05) is 30.3 Å². The number of carbonyl (C=O) groups excluding carboxylic acids is 1. The van der Waals surface area contributed by atoms with E-state index in [4.69, 9.17) is 4.74 Å². The van der Waals surface area contributed by atoms with Crippen molar-refractivity contribution in [1.29, 1.82) is 0 Å². The number of carbonyl (C=O) groups is 1. The largest absolute Gasteiger partial charge is 0.444 e. The molecule has 24 heavy (non-hydrogen) atoms. The lowest BCUT2D eigenvalue weighted by Gasteiger charge is -2.34. The number of hydrogen-bond acceptors (Lipinski definition) is 2. The topological polar surface area (TPSA) is 29.5 Å². The summed E-state index contributed by atoms with van der Waals surface area (Å²) in [6.07, 6.45) is 1.53. The minimum Gasteiger partial charge on any atom is -0.444 e. The molecule has 1 aromatic carbocycles. The summed E-state index contributed by atoms with van der Waals surface area (Å²) in [4.78, 5) is 13.7. The third-order valence-corrected chi connectivity index (χ3v) is 4.33. The van der Waals surface area contributed by atoms with Crippen molar-refractivity contribution in [3.05, 3.63) is 35.9 Å². The van der Waals surface area contributed by atoms with Crippen LogP contribution in [0.5, 0.6) is 0 Å². The summed E-state index contributed by atoms with van der Waals surface area (Å²) in [7, 11) is 0. The molecule has 0 atom stereocenters. The van der Waals surface area contributed by atoms with E-state index in [0.717, 1.165) is 12.8 Å². The maximum atomic E-state index is 14.2. The van der Waals surface area contributed by atoms with E-state index < -0.39 is 11.5 Å². The number of hydrogen-bond donors (Lipinski definition) is 0. The number of nitrogens with zero attached hydrogens (tertiary/aromatic N) is 1. The van der Waals surface area contributed by atoms with E-state index in [1.54, 1.807) is 23.1 Å². The number of piperidine rings is 1. The zero-order valence-corrected chi connectivity index (χ0v) is 14.7. The Labute approximate surface area is 143 Å². The molecule has 134 valence electrons. The molecule has 3 nitrogen and oxygen atoms in total. The number of halogens is 2. The molecule has 1 amide bonds. The third kappa shape index (κ3) is 5.46. The minimum absolute atomic E-state index is 0.0798. The molecule has 0 N–H and O–H groups in total. The van der Waals surface area contributed by atoms with E-state index in [0.29, 0.717) is 19.5 Å². The average molecular weight is 339 g/mol. The van der Waals surface area contributed by atoms with E-state index >= 15 is 0 Å². The Balaban J connectivity index is 1.78. The van der Waals surface area contributed by atoms with E-state index in [2.05, 4.69) is 0 Å². The van der Waals surface area contributed by atoms with Crippen molar-refractivity contribution < 1.29 is 18.3 Å². The number of amides is 1. The molecule has 0 bridgehead atoms. The summed E-state index contributed by atoms with van der Waals surface area (Å²) < 4.78 is 33.8. The van der Waals surface area contributed by atoms with Crippen molar-refractivity contribution >= 4 is 6.09 Å². The van der Waals surface area contributed by atoms with Gasteiger partial charge in [0.25, 0.3) is 5.92 Å². The van der Waals surface area contributed by atoms with Crippen LogP contribution in [0.3, 0.4) is 0 Å². The van der Waals surface area contributed by atoms with E-state index in [1.165, 1.54) is 12.1 Å². The van der Waals surface area contributed by atoms with Gasteiger partial charge in [-0.15, -0.1) is 0 Å². The Bertz CT molecular complexity index is 532. The SMILES string of the molecule is CC(C)(C)OC(=O)N1CCC(CCC(F)(F)c2ccccc2)CC1. The molecule has 0 radical (unpaired) electrons. The van der Waals surface area contributed by atoms with Crippen LogP contribution in [0.25, 0.3) is 0 Å². The van der Waals surface area contributed by atoms with E-state index in [9.17, 15) is 13.6 Å². The van der Waals surface area contributed by atoms with Crippen LogP contribution in [0.2, 0.25) is 0 Å². The molecule has 1 saturated heterocycles. The van der Waals surface area contributed by atoms with Gasteiger partial charge in [0.1, 0.15) is 5.60 Å². The maximum Gasteiger partial charge on any atom is 0.410 e. The van der Waals surface area contributed by atoms with Gasteiger partial charge in [-0.25, -0.2) is 13.6 Å². The van der Waals surface area contributed by atoms with Crippen molar-refractivity contribution in [2.75, 3.05) is 13.1 Å². The Hall–Kier alpha value is -1.65. The molecule has 5 heteroatoms. The van der Waals surface area contributed by atoms with Crippen molar-refractivity contribution in [2.45, 2.75) is 58.0 Å². The quantitative estimate of drug-likeness (QED) is 0.754. The first kappa shape index (κ1) is 18.7. The van der Waals surface area contributed by atoms with Crippen LogP contribution in [-0.4, -0.2) is 29.7 Å². The second kappa shape index (κ2) is 7.49. The maximum absolute atomic E-state index is 14.2. The van der Waals surface area contributed by atoms with Gasteiger partial charge >= 0.3 is 6.09 Å². The molecule has 0 aromatic heterocycles. The summed E-state index contributed by atoms with van der Waals surface area (Å²) in [6, 6.07) is 7.98. The standard InChI is InChI=1S/C19H27F2NO2/c1-18(2,3)24-17(23)22-13-10-15(11-14-22)9-12-19(20,21)16-7-5-4-6-8-16/h4-8,15H,9-14H2,1-3H3. The van der Waals surface area contributed by atoms with E-state index in [-0.39, 0.29) is 24.0 Å². The Morgan fingerprint density at radius 3 is 2.29 bits per heavy atom. The highest BCUT2D eigenvalue weighted by Crippen LogP contribution is 2.35. The normalized spacial score (nSPS) is 17.0. The van der Waals surface area contributed by atoms with E-state index in [1.807, 2.05) is 20.8 Å². The fourth-order valence-electron chi connectivity index (χ4n) is 2.94. The lowest BCUT2D eigenvalue weighted by molar-refractivity contribution is -0.0229. The van der Waals surface area contributed by atoms with Crippen LogP contribution >= 0.6 is 0 Å². The molecule has 0 spiro atoms. The Kier molecular flexibility index (Phi) is 5.83. The highest BCUT2D eigenvalue weighted by Gasteiger charge is 2.33. The number of alkyl halides is 2. The lowest BCUT2D eigenvalue weighted by atomic mass is 9.89. The van der Waals surface area contributed by atoms with Gasteiger partial charge < -0.3 is 9.64 Å². The molecule has 1 aliphatic heterocycles. The Morgan fingerprint density at radius 2 is 1.75 bits per heavy atom. The average Bonchev–Trinajstić information content (AvgIpc) is 2.53. The molecule has 1 heterocycles. The summed E-state index contributed by atoms with van der Waals surface area (Å²) in [6.45, 7) is 6.67. The van der Waals surface area contributed by atoms with Gasteiger partial charge in [-0.05, 0) is 46.0 Å². The number of benzene rings is 1. The van der Waals surface area contributed by atoms with Crippen LogP contribution in [0.15, 0.2) is 30.3 Å². The highest BCUT2D eigenvalue weighted by atomic mass is 19.3. The zero-order chi connectivity index (χ0) is 17.8. The number of likely N-dealkylation sites (tertiary alicyclic amines) is 1. The van der Waals surface area contributed by atoms with Gasteiger partial charge in [0.05, 0.1) is 0 Å². The van der Waals surface area contributed by atoms with Crippen LogP contribution in [-0.2, 0) is 10.7 Å². The molecule has 0 aliphatic carbocycles. The van der Waals surface area contributed by atoms with Gasteiger partial charge in [0, 0.05) is 25.1 Å². The number of rotatable bonds is 4. The van der Waals surface area contributed by atoms with Crippen LogP contribution in [0.4, 0.5) is 13.6 Å². The van der Waals surface area contributed by atoms with Crippen molar-refractivity contribution in [2.24, 2.45) is 5.92 Å². The highest BCUT2D eigenvalue weighted by molar-refractivity contribution is 5.68. The first-order valence-corrected chi connectivity index (χ1v) is 8.59. The van der Waals surface area contributed by atoms with Crippen LogP contribution in [0.1, 0.15) is 52.0 Å². The first-order chi connectivity index (χ1) is 11.2. The molecule has 1 aromatic rings. The van der Waals surface area contributed by atoms with Crippen molar-refractivity contribution in [3.63, 3.8) is 0 Å². The summed E-state index contributed by atoms with van der Waals surface area (Å²) in [5.41, 5.74) is -0.428. The summed E-state index contributed by atoms with van der Waals surface area (Å²) in [5, 5.41) is 0. The Morgan fingerprint density at radius 1 is 1.17 bits per heavy atom. The molecule has 2 rings (SSSR count). The van der Waals surface area contributed by atoms with Gasteiger partial charge in [0.15, 0.2) is 0 Å². The molecule has 0 unspecified atom stereocenters. The first-order valence-electron chi connectivity index (χ1n) is 8.59. The molecule has 0 saturated carbocycles. The van der Waals surface area contributed by atoms with Gasteiger partial charge in [0.2, 0.25) is 0 Å². The zero-order valence-electron chi connectivity index (χ0n) is 14.7. The number of ether oxygens (including phenoxy) is 1. The molecular formula is C19H27F2NO2. The predicted molar refractivity (Wildman–Crippen MR) is 90.1 cm³/mol. The van der Waals surface area contributed by atoms with Crippen LogP contribution < -0.4 is 0 Å². The fourth-order valence-corrected chi connectivity index (χ4v) is 2.94. The smallest absolute Gasteiger partial charge is 0.410 e. The molecular weight excluding hydrogens is 312 g/mol. The summed E-state index contributed by atoms with van der Waals surface area (Å²) >= 11 is 0. The van der Waals surface area contributed by atoms with Crippen LogP contribution in [0, 0.1) is 5.92 Å². The van der Waals surface area contributed by atoms with Gasteiger partial charge in [-0.3, -0.25) is 0 Å². The van der Waals surface area contributed by atoms with Crippen molar-refractivity contribution in [3.8, 4) is 0 Å². The summed E-state index contributed by atoms with van der Waals surface area (Å²) in [5.74, 6) is -2.55. The van der Waals surface area contributed by atoms with Crippen molar-refractivity contribution in [1.82, 2.24) is 4.90 Å². The molecule has 1 aliphatic rings. The lowest BCUT2D eigenvalue weighted by Crippen LogP contribution is -2.41. The van der Waals surface area contributed by atoms with Gasteiger partial charge in [-0.2, -0.15) is 0 Å². The third-order valence-electron chi connectivity index (χ3n) is 4.33. The predicted octanol–water partition coefficient (Wildman–Crippen LogP) is 5.21. The molecule has 1 fully saturated rings.